The molecule has 4 amide bonds. The first-order chi connectivity index (χ1) is 29.3. The molecule has 61 heavy (non-hydrogen) atoms. The van der Waals surface area contributed by atoms with Crippen molar-refractivity contribution < 1.29 is 33.9 Å². The molecule has 16 nitrogen and oxygen atoms in total. The molecular weight excluding hydrogens is 828 g/mol. The Morgan fingerprint density at radius 2 is 1.74 bits per heavy atom. The first-order valence-corrected chi connectivity index (χ1v) is 20.8. The number of nitrogens with two attached hydrogens (primary N) is 1. The standard InChI is InChI=1S/C42H44Cl2FN11O5/c1-24(38-29(43)22-48-23-30(38)44)61-26-4-5-32-27(17-26)39(52-51-32)25-3-6-35(49-21-25)54-13-15-55(16-14-54)37(58)20-42(60)8-11-53(12-9-42)34-19-33(47-2)28(18-31(34)45)40(46)56-10-7-36(57)50-41(56)59/h3-6,17-19,21-24,46-47,60H,7-16,20H2,1-2H3,(H,51,52)(H,50,57,59)/p+1/t24-/m1/s1. The fraction of sp³-hybridized carbons (Fsp3) is 0.357. The van der Waals surface area contributed by atoms with Crippen LogP contribution in [0.25, 0.3) is 22.2 Å². The molecule has 3 aliphatic rings. The number of rotatable bonds is 10. The van der Waals surface area contributed by atoms with Gasteiger partial charge in [-0.3, -0.25) is 35.3 Å². The van der Waals surface area contributed by atoms with Crippen molar-refractivity contribution in [2.24, 2.45) is 0 Å². The van der Waals surface area contributed by atoms with E-state index in [-0.39, 0.29) is 49.5 Å². The van der Waals surface area contributed by atoms with Gasteiger partial charge in [-0.15, -0.1) is 0 Å². The lowest BCUT2D eigenvalue weighted by molar-refractivity contribution is -0.539. The Bertz CT molecular complexity index is 2490. The van der Waals surface area contributed by atoms with Crippen LogP contribution in [0.3, 0.4) is 0 Å². The molecular formula is C42H45Cl2FN11O5+. The third-order valence-electron chi connectivity index (χ3n) is 11.6. The van der Waals surface area contributed by atoms with Gasteiger partial charge < -0.3 is 29.9 Å². The molecule has 1 atom stereocenters. The summed E-state index contributed by atoms with van der Waals surface area (Å²) < 4.78 is 21.8. The number of nitrogens with zero attached hydrogens (tertiary/aromatic N) is 7. The molecule has 0 unspecified atom stereocenters. The van der Waals surface area contributed by atoms with Crippen LogP contribution in [0.15, 0.2) is 61.1 Å². The minimum atomic E-state index is -1.23. The number of nitrogens with one attached hydrogen (secondary N) is 3. The summed E-state index contributed by atoms with van der Waals surface area (Å²) in [6, 6.07) is 11.7. The average Bonchev–Trinajstić information content (AvgIpc) is 3.67. The fourth-order valence-corrected chi connectivity index (χ4v) is 8.85. The average molecular weight is 874 g/mol. The van der Waals surface area contributed by atoms with Crippen LogP contribution >= 0.6 is 23.2 Å². The molecule has 0 spiro atoms. The van der Waals surface area contributed by atoms with Gasteiger partial charge in [0.25, 0.3) is 0 Å². The number of aliphatic hydroxyl groups is 1. The number of amides is 4. The molecule has 3 aromatic heterocycles. The number of aromatic amines is 1. The molecule has 0 bridgehead atoms. The van der Waals surface area contributed by atoms with Crippen LogP contribution < -0.4 is 25.2 Å². The molecule has 6 N–H and O–H groups in total. The van der Waals surface area contributed by atoms with Crippen molar-refractivity contribution in [3.63, 3.8) is 0 Å². The predicted octanol–water partition coefficient (Wildman–Crippen LogP) is 4.77. The van der Waals surface area contributed by atoms with Crippen LogP contribution in [0.5, 0.6) is 5.75 Å². The normalized spacial score (nSPS) is 17.4. The van der Waals surface area contributed by atoms with E-state index in [9.17, 15) is 19.5 Å². The number of halogens is 3. The smallest absolute Gasteiger partial charge is 0.329 e. The molecule has 19 heteroatoms. The number of imide groups is 1. The van der Waals surface area contributed by atoms with E-state index in [0.717, 1.165) is 32.9 Å². The Morgan fingerprint density at radius 1 is 1.00 bits per heavy atom. The number of hydrogen-bond acceptors (Lipinski definition) is 11. The molecule has 6 heterocycles. The summed E-state index contributed by atoms with van der Waals surface area (Å²) in [7, 11) is 1.76. The predicted molar refractivity (Wildman–Crippen MR) is 228 cm³/mol. The van der Waals surface area contributed by atoms with E-state index in [1.54, 1.807) is 29.5 Å². The maximum atomic E-state index is 15.6. The minimum Gasteiger partial charge on any atom is -0.486 e. The number of urea groups is 1. The monoisotopic (exact) mass is 872 g/mol. The van der Waals surface area contributed by atoms with Crippen molar-refractivity contribution >= 4 is 75.0 Å². The second kappa shape index (κ2) is 17.2. The van der Waals surface area contributed by atoms with E-state index in [0.29, 0.717) is 72.0 Å². The highest BCUT2D eigenvalue weighted by Crippen LogP contribution is 2.36. The highest BCUT2D eigenvalue weighted by Gasteiger charge is 2.38. The van der Waals surface area contributed by atoms with Crippen molar-refractivity contribution in [3.05, 3.63) is 88.0 Å². The zero-order chi connectivity index (χ0) is 43.0. The third kappa shape index (κ3) is 8.68. The van der Waals surface area contributed by atoms with Gasteiger partial charge in [-0.25, -0.2) is 14.2 Å². The highest BCUT2D eigenvalue weighted by molar-refractivity contribution is 6.35. The zero-order valence-corrected chi connectivity index (χ0v) is 35.1. The summed E-state index contributed by atoms with van der Waals surface area (Å²) in [4.78, 5) is 53.0. The van der Waals surface area contributed by atoms with Crippen molar-refractivity contribution in [1.82, 2.24) is 35.3 Å². The number of anilines is 2. The van der Waals surface area contributed by atoms with Crippen molar-refractivity contribution in [2.45, 2.75) is 44.3 Å². The topological polar surface area (TPSA) is 201 Å². The summed E-state index contributed by atoms with van der Waals surface area (Å²) in [6.45, 7) is 4.66. The van der Waals surface area contributed by atoms with E-state index < -0.39 is 29.5 Å². The molecule has 5 aromatic rings. The number of benzene rings is 2. The summed E-state index contributed by atoms with van der Waals surface area (Å²) >= 11 is 12.7. The van der Waals surface area contributed by atoms with Crippen LogP contribution in [0.4, 0.5) is 26.4 Å². The number of pyridine rings is 2. The van der Waals surface area contributed by atoms with Gasteiger partial charge >= 0.3 is 6.03 Å². The number of H-pyrrole nitrogens is 1. The van der Waals surface area contributed by atoms with E-state index in [2.05, 4.69) is 25.4 Å². The number of amidine groups is 1. The number of carbonyl (C=O) groups is 3. The van der Waals surface area contributed by atoms with Crippen LogP contribution in [-0.2, 0) is 9.59 Å². The van der Waals surface area contributed by atoms with Gasteiger partial charge in [0.15, 0.2) is 0 Å². The summed E-state index contributed by atoms with van der Waals surface area (Å²) in [5, 5.41) is 33.4. The number of aromatic nitrogens is 4. The lowest BCUT2D eigenvalue weighted by Gasteiger charge is -2.41. The maximum Gasteiger partial charge on any atom is 0.329 e. The van der Waals surface area contributed by atoms with Crippen LogP contribution in [0.2, 0.25) is 10.0 Å². The van der Waals surface area contributed by atoms with Gasteiger partial charge in [0.2, 0.25) is 11.8 Å². The Balaban J connectivity index is 0.843. The third-order valence-corrected chi connectivity index (χ3v) is 12.2. The van der Waals surface area contributed by atoms with E-state index in [4.69, 9.17) is 38.3 Å². The second-order valence-corrected chi connectivity index (χ2v) is 16.3. The maximum absolute atomic E-state index is 15.6. The number of ether oxygens (including phenoxy) is 1. The molecule has 3 aliphatic heterocycles. The zero-order valence-electron chi connectivity index (χ0n) is 33.6. The summed E-state index contributed by atoms with van der Waals surface area (Å²) in [5.74, 6) is 0.0854. The van der Waals surface area contributed by atoms with Gasteiger partial charge in [0, 0.05) is 93.4 Å². The molecule has 318 valence electrons. The molecule has 3 fully saturated rings. The van der Waals surface area contributed by atoms with E-state index in [1.807, 2.05) is 42.2 Å². The Kier molecular flexibility index (Phi) is 11.8. The first-order valence-electron chi connectivity index (χ1n) is 20.0. The Morgan fingerprint density at radius 3 is 2.41 bits per heavy atom. The number of fused-ring (bicyclic) bond motifs is 1. The highest BCUT2D eigenvalue weighted by atomic mass is 35.5. The van der Waals surface area contributed by atoms with E-state index in [1.165, 1.54) is 18.5 Å². The van der Waals surface area contributed by atoms with Crippen molar-refractivity contribution in [1.29, 1.82) is 5.41 Å². The van der Waals surface area contributed by atoms with Gasteiger partial charge in [0.05, 0.1) is 45.9 Å². The number of hydrogen-bond donors (Lipinski definition) is 5. The van der Waals surface area contributed by atoms with Crippen molar-refractivity contribution in [2.75, 3.05) is 62.7 Å². The Labute approximate surface area is 360 Å². The van der Waals surface area contributed by atoms with Crippen LogP contribution in [0.1, 0.15) is 49.8 Å². The molecule has 3 saturated heterocycles. The lowest BCUT2D eigenvalue weighted by atomic mass is 9.87. The number of quaternary nitrogens is 1. The summed E-state index contributed by atoms with van der Waals surface area (Å²) in [6.07, 6.45) is 4.99. The van der Waals surface area contributed by atoms with Gasteiger partial charge in [-0.05, 0) is 56.2 Å². The van der Waals surface area contributed by atoms with Gasteiger partial charge in [-0.2, -0.15) is 5.10 Å². The molecule has 0 radical (unpaired) electrons. The quantitative estimate of drug-likeness (QED) is 0.0740. The molecule has 0 aliphatic carbocycles. The number of piperidine rings is 1. The second-order valence-electron chi connectivity index (χ2n) is 15.5. The SMILES string of the molecule is C[NH2+]c1cc(N2CCC(O)(CC(=O)N3CCN(c4ccc(-c5n[nH]c6ccc(O[C@H](C)c7c(Cl)cncc7Cl)cc56)cn4)CC3)CC2)c(F)cc1C(=N)N1CCC(=O)NC1=O. The molecule has 2 aromatic carbocycles. The molecule has 8 rings (SSSR count). The van der Waals surface area contributed by atoms with Crippen LogP contribution in [-0.4, -0.2) is 117 Å². The van der Waals surface area contributed by atoms with E-state index >= 15 is 4.39 Å². The lowest BCUT2D eigenvalue weighted by Crippen LogP contribution is -2.73. The molecule has 0 saturated carbocycles. The first kappa shape index (κ1) is 41.8. The largest absolute Gasteiger partial charge is 0.486 e. The number of piperazine rings is 1. The number of carbonyl (C=O) groups excluding carboxylic acids is 3. The summed E-state index contributed by atoms with van der Waals surface area (Å²) in [5.41, 5.74) is 2.91. The van der Waals surface area contributed by atoms with Crippen molar-refractivity contribution in [3.8, 4) is 17.0 Å². The Hall–Kier alpha value is -5.88. The minimum absolute atomic E-state index is 0.0325. The fourth-order valence-electron chi connectivity index (χ4n) is 8.18. The van der Waals surface area contributed by atoms with Gasteiger partial charge in [0.1, 0.15) is 40.7 Å². The van der Waals surface area contributed by atoms with Crippen LogP contribution in [0, 0.1) is 11.2 Å². The van der Waals surface area contributed by atoms with Gasteiger partial charge in [-0.1, -0.05) is 23.2 Å².